The minimum atomic E-state index is 0.0173. The Balaban J connectivity index is 2.79. The fourth-order valence-corrected chi connectivity index (χ4v) is 1.77. The van der Waals surface area contributed by atoms with Crippen molar-refractivity contribution in [1.29, 1.82) is 0 Å². The van der Waals surface area contributed by atoms with Crippen molar-refractivity contribution in [2.75, 3.05) is 0 Å². The number of ketones is 1. The summed E-state index contributed by atoms with van der Waals surface area (Å²) in [5, 5.41) is 0. The zero-order valence-electron chi connectivity index (χ0n) is 11.0. The van der Waals surface area contributed by atoms with Gasteiger partial charge in [-0.1, -0.05) is 52.0 Å². The van der Waals surface area contributed by atoms with Crippen LogP contribution in [-0.4, -0.2) is 5.78 Å². The number of carbonyl (C=O) groups excluding carboxylic acids is 1. The molecule has 1 nitrogen and oxygen atoms in total. The van der Waals surface area contributed by atoms with Crippen molar-refractivity contribution in [3.05, 3.63) is 35.4 Å². The molecule has 1 aromatic rings. The topological polar surface area (TPSA) is 17.1 Å². The smallest absolute Gasteiger partial charge is 0.136 e. The number of carbonyl (C=O) groups is 1. The van der Waals surface area contributed by atoms with Gasteiger partial charge in [-0.2, -0.15) is 0 Å². The van der Waals surface area contributed by atoms with Crippen LogP contribution < -0.4 is 0 Å². The highest BCUT2D eigenvalue weighted by Gasteiger charge is 2.13. The molecule has 0 aliphatic heterocycles. The molecule has 1 atom stereocenters. The average molecular weight is 218 g/mol. The minimum Gasteiger partial charge on any atom is -0.299 e. The van der Waals surface area contributed by atoms with E-state index in [0.717, 1.165) is 12.0 Å². The quantitative estimate of drug-likeness (QED) is 0.750. The van der Waals surface area contributed by atoms with Gasteiger partial charge in [-0.05, 0) is 29.9 Å². The van der Waals surface area contributed by atoms with E-state index in [0.29, 0.717) is 5.41 Å². The molecule has 0 fully saturated rings. The predicted molar refractivity (Wildman–Crippen MR) is 68.7 cm³/mol. The monoisotopic (exact) mass is 218 g/mol. The maximum atomic E-state index is 11.3. The van der Waals surface area contributed by atoms with Gasteiger partial charge in [0.05, 0.1) is 0 Å². The van der Waals surface area contributed by atoms with Crippen LogP contribution in [0.15, 0.2) is 24.3 Å². The molecule has 0 spiro atoms. The Kier molecular flexibility index (Phi) is 3.90. The minimum absolute atomic E-state index is 0.0173. The van der Waals surface area contributed by atoms with Gasteiger partial charge in [-0.15, -0.1) is 0 Å². The van der Waals surface area contributed by atoms with E-state index in [2.05, 4.69) is 45.0 Å². The standard InChI is InChI=1S/C15H22O/c1-11(12(2)16)14-8-6-13(7-9-14)10-15(3,4)5/h6-9,11H,10H2,1-5H3. The molecule has 0 saturated heterocycles. The summed E-state index contributed by atoms with van der Waals surface area (Å²) in [5.74, 6) is 0.243. The lowest BCUT2D eigenvalue weighted by Gasteiger charge is -2.18. The molecular weight excluding hydrogens is 196 g/mol. The average Bonchev–Trinajstić information content (AvgIpc) is 2.15. The summed E-state index contributed by atoms with van der Waals surface area (Å²) in [6.07, 6.45) is 1.07. The zero-order chi connectivity index (χ0) is 12.3. The van der Waals surface area contributed by atoms with Gasteiger partial charge in [-0.3, -0.25) is 4.79 Å². The van der Waals surface area contributed by atoms with Gasteiger partial charge in [0.25, 0.3) is 0 Å². The Morgan fingerprint density at radius 1 is 1.19 bits per heavy atom. The van der Waals surface area contributed by atoms with Crippen molar-refractivity contribution >= 4 is 5.78 Å². The number of benzene rings is 1. The van der Waals surface area contributed by atoms with Crippen molar-refractivity contribution in [1.82, 2.24) is 0 Å². The Hall–Kier alpha value is -1.11. The maximum Gasteiger partial charge on any atom is 0.136 e. The van der Waals surface area contributed by atoms with Crippen LogP contribution in [0.3, 0.4) is 0 Å². The highest BCUT2D eigenvalue weighted by atomic mass is 16.1. The van der Waals surface area contributed by atoms with Crippen molar-refractivity contribution in [2.24, 2.45) is 5.41 Å². The highest BCUT2D eigenvalue weighted by Crippen LogP contribution is 2.22. The second-order valence-corrected chi connectivity index (χ2v) is 5.81. The second kappa shape index (κ2) is 4.82. The number of Topliss-reactive ketones (excluding diaryl/α,β-unsaturated/α-hetero) is 1. The molecule has 0 heterocycles. The van der Waals surface area contributed by atoms with E-state index in [1.165, 1.54) is 5.56 Å². The van der Waals surface area contributed by atoms with Gasteiger partial charge in [0.15, 0.2) is 0 Å². The molecule has 0 aliphatic rings. The van der Waals surface area contributed by atoms with Crippen LogP contribution in [0.2, 0.25) is 0 Å². The molecule has 88 valence electrons. The summed E-state index contributed by atoms with van der Waals surface area (Å²) >= 11 is 0. The molecule has 16 heavy (non-hydrogen) atoms. The SMILES string of the molecule is CC(=O)C(C)c1ccc(CC(C)(C)C)cc1. The van der Waals surface area contributed by atoms with Crippen molar-refractivity contribution < 1.29 is 4.79 Å². The van der Waals surface area contributed by atoms with E-state index in [9.17, 15) is 4.79 Å². The van der Waals surface area contributed by atoms with Gasteiger partial charge in [0.1, 0.15) is 5.78 Å². The van der Waals surface area contributed by atoms with Crippen molar-refractivity contribution in [2.45, 2.75) is 47.0 Å². The summed E-state index contributed by atoms with van der Waals surface area (Å²) in [6, 6.07) is 8.43. The summed E-state index contributed by atoms with van der Waals surface area (Å²) in [7, 11) is 0. The molecule has 1 heteroatoms. The maximum absolute atomic E-state index is 11.3. The summed E-state index contributed by atoms with van der Waals surface area (Å²) in [4.78, 5) is 11.3. The van der Waals surface area contributed by atoms with Crippen molar-refractivity contribution in [3.8, 4) is 0 Å². The van der Waals surface area contributed by atoms with E-state index in [1.54, 1.807) is 6.92 Å². The molecule has 0 bridgehead atoms. The first-order valence-corrected chi connectivity index (χ1v) is 5.89. The van der Waals surface area contributed by atoms with Crippen LogP contribution in [0.4, 0.5) is 0 Å². The third-order valence-electron chi connectivity index (χ3n) is 2.82. The van der Waals surface area contributed by atoms with Crippen LogP contribution in [-0.2, 0) is 11.2 Å². The molecule has 0 amide bonds. The number of hydrogen-bond acceptors (Lipinski definition) is 1. The van der Waals surface area contributed by atoms with Crippen LogP contribution in [0, 0.1) is 5.41 Å². The largest absolute Gasteiger partial charge is 0.299 e. The molecule has 0 N–H and O–H groups in total. The summed E-state index contributed by atoms with van der Waals surface area (Å²) in [5.41, 5.74) is 2.77. The van der Waals surface area contributed by atoms with Gasteiger partial charge in [-0.25, -0.2) is 0 Å². The third kappa shape index (κ3) is 3.80. The Bertz CT molecular complexity index is 354. The van der Waals surface area contributed by atoms with E-state index < -0.39 is 0 Å². The Morgan fingerprint density at radius 3 is 2.06 bits per heavy atom. The molecule has 0 saturated carbocycles. The molecule has 0 aromatic heterocycles. The van der Waals surface area contributed by atoms with E-state index in [4.69, 9.17) is 0 Å². The zero-order valence-corrected chi connectivity index (χ0v) is 11.0. The van der Waals surface area contributed by atoms with Crippen molar-refractivity contribution in [3.63, 3.8) is 0 Å². The lowest BCUT2D eigenvalue weighted by Crippen LogP contribution is -2.09. The van der Waals surface area contributed by atoms with Gasteiger partial charge in [0.2, 0.25) is 0 Å². The number of hydrogen-bond donors (Lipinski definition) is 0. The number of rotatable bonds is 3. The first-order valence-electron chi connectivity index (χ1n) is 5.89. The first kappa shape index (κ1) is 13.0. The molecule has 1 aromatic carbocycles. The lowest BCUT2D eigenvalue weighted by atomic mass is 9.87. The molecule has 0 radical (unpaired) electrons. The van der Waals surface area contributed by atoms with Crippen LogP contribution in [0.5, 0.6) is 0 Å². The van der Waals surface area contributed by atoms with E-state index in [1.807, 2.05) is 6.92 Å². The van der Waals surface area contributed by atoms with Crippen LogP contribution >= 0.6 is 0 Å². The summed E-state index contributed by atoms with van der Waals surface area (Å²) < 4.78 is 0. The lowest BCUT2D eigenvalue weighted by molar-refractivity contribution is -0.118. The molecule has 1 rings (SSSR count). The van der Waals surface area contributed by atoms with Gasteiger partial charge < -0.3 is 0 Å². The van der Waals surface area contributed by atoms with Gasteiger partial charge >= 0.3 is 0 Å². The van der Waals surface area contributed by atoms with Gasteiger partial charge in [0, 0.05) is 5.92 Å². The highest BCUT2D eigenvalue weighted by molar-refractivity contribution is 5.82. The fourth-order valence-electron chi connectivity index (χ4n) is 1.77. The second-order valence-electron chi connectivity index (χ2n) is 5.81. The predicted octanol–water partition coefficient (Wildman–Crippen LogP) is 3.97. The summed E-state index contributed by atoms with van der Waals surface area (Å²) in [6.45, 7) is 10.3. The Morgan fingerprint density at radius 2 is 1.69 bits per heavy atom. The van der Waals surface area contributed by atoms with Crippen LogP contribution in [0.25, 0.3) is 0 Å². The first-order chi connectivity index (χ1) is 7.29. The fraction of sp³-hybridized carbons (Fsp3) is 0.533. The molecule has 1 unspecified atom stereocenters. The Labute approximate surface area is 98.9 Å². The molecule has 0 aliphatic carbocycles. The normalized spacial score (nSPS) is 13.6. The third-order valence-corrected chi connectivity index (χ3v) is 2.82. The van der Waals surface area contributed by atoms with E-state index in [-0.39, 0.29) is 11.7 Å². The van der Waals surface area contributed by atoms with Crippen LogP contribution in [0.1, 0.15) is 51.7 Å². The van der Waals surface area contributed by atoms with E-state index >= 15 is 0 Å². The molecular formula is C15H22O.